The molecule has 1 heterocycles. The van der Waals surface area contributed by atoms with E-state index in [0.717, 1.165) is 11.3 Å². The van der Waals surface area contributed by atoms with Crippen LogP contribution in [-0.2, 0) is 4.79 Å². The van der Waals surface area contributed by atoms with Gasteiger partial charge in [-0.2, -0.15) is 0 Å². The Morgan fingerprint density at radius 1 is 1.45 bits per heavy atom. The molecule has 1 aliphatic heterocycles. The zero-order valence-corrected chi connectivity index (χ0v) is 6.13. The summed E-state index contributed by atoms with van der Waals surface area (Å²) >= 11 is 0. The Morgan fingerprint density at radius 3 is 2.64 bits per heavy atom. The number of benzene rings is 1. The maximum atomic E-state index is 9.13. The fraction of sp³-hybridized carbons (Fsp3) is 0.125. The molecule has 2 rings (SSSR count). The quantitative estimate of drug-likeness (QED) is 0.583. The summed E-state index contributed by atoms with van der Waals surface area (Å²) in [7, 11) is 0. The Hall–Kier alpha value is -1.51. The SMILES string of the molecule is C=O.Cc1ccc2c(c1O)O2. The fourth-order valence-corrected chi connectivity index (χ4v) is 0.818. The molecule has 0 saturated carbocycles. The molecule has 0 fully saturated rings. The number of hydrogen-bond acceptors (Lipinski definition) is 3. The van der Waals surface area contributed by atoms with E-state index in [1.165, 1.54) is 0 Å². The molecule has 3 heteroatoms. The summed E-state index contributed by atoms with van der Waals surface area (Å²) in [6.07, 6.45) is 0. The van der Waals surface area contributed by atoms with Crippen molar-refractivity contribution in [2.45, 2.75) is 6.92 Å². The van der Waals surface area contributed by atoms with Gasteiger partial charge in [-0.05, 0) is 18.6 Å². The van der Waals surface area contributed by atoms with Crippen LogP contribution in [0.1, 0.15) is 5.56 Å². The van der Waals surface area contributed by atoms with Crippen molar-refractivity contribution in [2.75, 3.05) is 0 Å². The molecule has 3 nitrogen and oxygen atoms in total. The van der Waals surface area contributed by atoms with Gasteiger partial charge in [-0.1, -0.05) is 6.07 Å². The third kappa shape index (κ3) is 1.17. The molecule has 1 aromatic carbocycles. The first-order chi connectivity index (χ1) is 5.29. The van der Waals surface area contributed by atoms with E-state index in [2.05, 4.69) is 0 Å². The van der Waals surface area contributed by atoms with Gasteiger partial charge in [-0.15, -0.1) is 0 Å². The van der Waals surface area contributed by atoms with Crippen molar-refractivity contribution < 1.29 is 14.6 Å². The molecule has 0 radical (unpaired) electrons. The van der Waals surface area contributed by atoms with Crippen LogP contribution in [0.3, 0.4) is 0 Å². The smallest absolute Gasteiger partial charge is 0.211 e. The molecule has 0 bridgehead atoms. The van der Waals surface area contributed by atoms with E-state index in [1.807, 2.05) is 25.8 Å². The van der Waals surface area contributed by atoms with Crippen molar-refractivity contribution in [1.82, 2.24) is 0 Å². The lowest BCUT2D eigenvalue weighted by Gasteiger charge is -1.88. The van der Waals surface area contributed by atoms with E-state index < -0.39 is 0 Å². The molecule has 1 aliphatic rings. The average molecular weight is 152 g/mol. The normalized spacial score (nSPS) is 10.3. The number of ether oxygens (including phenoxy) is 1. The van der Waals surface area contributed by atoms with Crippen LogP contribution in [-0.4, -0.2) is 11.9 Å². The first-order valence-corrected chi connectivity index (χ1v) is 3.08. The van der Waals surface area contributed by atoms with E-state index >= 15 is 0 Å². The van der Waals surface area contributed by atoms with Crippen molar-refractivity contribution in [3.63, 3.8) is 0 Å². The summed E-state index contributed by atoms with van der Waals surface area (Å²) < 4.78 is 4.90. The van der Waals surface area contributed by atoms with Gasteiger partial charge in [0.25, 0.3) is 0 Å². The van der Waals surface area contributed by atoms with Crippen LogP contribution in [0.2, 0.25) is 0 Å². The molecular formula is C8H8O3. The van der Waals surface area contributed by atoms with E-state index in [9.17, 15) is 0 Å². The van der Waals surface area contributed by atoms with Gasteiger partial charge in [0.15, 0.2) is 11.5 Å². The van der Waals surface area contributed by atoms with Gasteiger partial charge in [0.2, 0.25) is 5.75 Å². The maximum Gasteiger partial charge on any atom is 0.211 e. The summed E-state index contributed by atoms with van der Waals surface area (Å²) in [4.78, 5) is 8.00. The molecule has 0 aromatic heterocycles. The van der Waals surface area contributed by atoms with E-state index in [1.54, 1.807) is 0 Å². The number of fused-ring (bicyclic) bond motifs is 1. The lowest BCUT2D eigenvalue weighted by atomic mass is 10.2. The van der Waals surface area contributed by atoms with Crippen molar-refractivity contribution >= 4 is 6.79 Å². The Bertz CT molecular complexity index is 277. The number of carbonyl (C=O) groups is 1. The fourth-order valence-electron chi connectivity index (χ4n) is 0.818. The highest BCUT2D eigenvalue weighted by atomic mass is 16.6. The van der Waals surface area contributed by atoms with Crippen LogP contribution < -0.4 is 4.74 Å². The summed E-state index contributed by atoms with van der Waals surface area (Å²) in [6.45, 7) is 3.84. The van der Waals surface area contributed by atoms with Crippen LogP contribution >= 0.6 is 0 Å². The Morgan fingerprint density at radius 2 is 2.09 bits per heavy atom. The Kier molecular flexibility index (Phi) is 1.81. The Balaban J connectivity index is 0.000000281. The predicted octanol–water partition coefficient (Wildman–Crippen LogP) is 1.62. The number of hydrogen-bond donors (Lipinski definition) is 1. The second-order valence-corrected chi connectivity index (χ2v) is 2.16. The van der Waals surface area contributed by atoms with E-state index in [-0.39, 0.29) is 5.75 Å². The van der Waals surface area contributed by atoms with E-state index in [0.29, 0.717) is 5.75 Å². The van der Waals surface area contributed by atoms with Crippen LogP contribution in [0.4, 0.5) is 0 Å². The van der Waals surface area contributed by atoms with Gasteiger partial charge in [0, 0.05) is 0 Å². The highest BCUT2D eigenvalue weighted by Gasteiger charge is 2.25. The van der Waals surface area contributed by atoms with Crippen molar-refractivity contribution in [2.24, 2.45) is 0 Å². The second-order valence-electron chi connectivity index (χ2n) is 2.16. The standard InChI is InChI=1S/C7H6O2.CH2O/c1-4-2-3-5-7(9-5)6(4)8;1-2/h2-3,8H,1H3;1H2. The lowest BCUT2D eigenvalue weighted by molar-refractivity contribution is -0.0979. The van der Waals surface area contributed by atoms with Gasteiger partial charge in [-0.3, -0.25) is 0 Å². The topological polar surface area (TPSA) is 49.8 Å². The summed E-state index contributed by atoms with van der Waals surface area (Å²) in [5.41, 5.74) is 0.867. The number of aromatic hydroxyl groups is 1. The summed E-state index contributed by atoms with van der Waals surface area (Å²) in [5, 5.41) is 9.13. The van der Waals surface area contributed by atoms with Crippen LogP contribution in [0.5, 0.6) is 17.2 Å². The lowest BCUT2D eigenvalue weighted by Crippen LogP contribution is -1.64. The van der Waals surface area contributed by atoms with Crippen molar-refractivity contribution in [3.05, 3.63) is 17.7 Å². The first kappa shape index (κ1) is 7.60. The highest BCUT2D eigenvalue weighted by Crippen LogP contribution is 2.52. The van der Waals surface area contributed by atoms with Gasteiger partial charge in [0.05, 0.1) is 0 Å². The molecule has 1 N–H and O–H groups in total. The molecule has 0 aliphatic carbocycles. The highest BCUT2D eigenvalue weighted by molar-refractivity contribution is 5.64. The van der Waals surface area contributed by atoms with Gasteiger partial charge < -0.3 is 14.6 Å². The zero-order chi connectivity index (χ0) is 8.43. The molecule has 0 atom stereocenters. The molecule has 0 unspecified atom stereocenters. The van der Waals surface area contributed by atoms with Crippen LogP contribution in [0.15, 0.2) is 12.1 Å². The minimum atomic E-state index is 0.285. The minimum Gasteiger partial charge on any atom is -0.504 e. The first-order valence-electron chi connectivity index (χ1n) is 3.08. The zero-order valence-electron chi connectivity index (χ0n) is 6.13. The predicted molar refractivity (Wildman–Crippen MR) is 40.0 cm³/mol. The molecule has 0 spiro atoms. The maximum absolute atomic E-state index is 9.13. The Labute approximate surface area is 64.2 Å². The van der Waals surface area contributed by atoms with Crippen molar-refractivity contribution in [3.8, 4) is 17.2 Å². The summed E-state index contributed by atoms with van der Waals surface area (Å²) in [5.74, 6) is 1.74. The second kappa shape index (κ2) is 2.62. The molecule has 0 saturated heterocycles. The third-order valence-corrected chi connectivity index (χ3v) is 1.47. The van der Waals surface area contributed by atoms with E-state index in [4.69, 9.17) is 14.6 Å². The molecule has 11 heavy (non-hydrogen) atoms. The molecule has 58 valence electrons. The molecule has 0 amide bonds. The van der Waals surface area contributed by atoms with Gasteiger partial charge in [-0.25, -0.2) is 0 Å². The number of phenols is 1. The number of aryl methyl sites for hydroxylation is 1. The van der Waals surface area contributed by atoms with Crippen LogP contribution in [0.25, 0.3) is 0 Å². The summed E-state index contributed by atoms with van der Waals surface area (Å²) in [6, 6.07) is 3.69. The number of carbonyl (C=O) groups excluding carboxylic acids is 1. The van der Waals surface area contributed by atoms with Gasteiger partial charge >= 0.3 is 0 Å². The number of rotatable bonds is 0. The third-order valence-electron chi connectivity index (χ3n) is 1.47. The molecule has 1 aromatic rings. The average Bonchev–Trinajstić information content (AvgIpc) is 2.81. The molecular weight excluding hydrogens is 144 g/mol. The largest absolute Gasteiger partial charge is 0.504 e. The van der Waals surface area contributed by atoms with Crippen LogP contribution in [0, 0.1) is 6.92 Å². The van der Waals surface area contributed by atoms with Gasteiger partial charge in [0.1, 0.15) is 6.79 Å². The van der Waals surface area contributed by atoms with Crippen molar-refractivity contribution in [1.29, 1.82) is 0 Å². The number of phenolic OH excluding ortho intramolecular Hbond substituents is 1. The monoisotopic (exact) mass is 152 g/mol. The minimum absolute atomic E-state index is 0.285.